The minimum atomic E-state index is 0. The van der Waals surface area contributed by atoms with Crippen molar-refractivity contribution in [1.82, 2.24) is 0 Å². The van der Waals surface area contributed by atoms with Gasteiger partial charge in [-0.25, -0.2) is 0 Å². The maximum atomic E-state index is 7.75. The Hall–Kier alpha value is -1.46. The molecule has 1 saturated carbocycles. The van der Waals surface area contributed by atoms with Gasteiger partial charge in [0.05, 0.1) is 0 Å². The Morgan fingerprint density at radius 3 is 0.886 bits per heavy atom. The zero-order valence-corrected chi connectivity index (χ0v) is 23.7. The monoisotopic (exact) mass is 579 g/mol. The molecule has 190 valence electrons. The zero-order chi connectivity index (χ0) is 26.8. The van der Waals surface area contributed by atoms with Crippen molar-refractivity contribution in [3.63, 3.8) is 0 Å². The molecular weight excluding hydrogens is 547 g/mol. The average molecular weight is 579 g/mol. The minimum Gasteiger partial charge on any atom is -0.545 e. The van der Waals surface area contributed by atoms with Crippen molar-refractivity contribution in [1.29, 1.82) is 0 Å². The second kappa shape index (κ2) is 34.7. The quantitative estimate of drug-likeness (QED) is 0.161. The molecule has 0 unspecified atom stereocenters. The molecule has 1 aliphatic carbocycles. The van der Waals surface area contributed by atoms with Crippen molar-refractivity contribution >= 4 is 26.0 Å². The molecule has 0 saturated heterocycles. The van der Waals surface area contributed by atoms with Gasteiger partial charge in [0.15, 0.2) is 0 Å². The van der Waals surface area contributed by atoms with E-state index in [-0.39, 0.29) is 34.1 Å². The van der Waals surface area contributed by atoms with Gasteiger partial charge in [-0.05, 0) is 40.2 Å². The maximum absolute atomic E-state index is 7.75. The molecule has 0 aromatic heterocycles. The number of carbonyl (C=O) groups excluding carboxylic acids is 1. The number of hydrogen-bond donors (Lipinski definition) is 0. The van der Waals surface area contributed by atoms with Gasteiger partial charge in [0.2, 0.25) is 0 Å². The van der Waals surface area contributed by atoms with Crippen LogP contribution >= 0.6 is 8.58 Å². The standard InChI is InChI=1S/C12H11P.C10H20.CHO.4CO.2Fe/c1-3-7-11(8-4-1)13-12-9-5-2-6-10-12;1-6-7(2)9(4)10(5)8(6)3;5*1-2;;/h1-10,13H;6-10H,1-5H3;1H;;;;;;/q;;-1;;;;;;+2. The number of rotatable bonds is 2. The first-order valence-electron chi connectivity index (χ1n) is 9.93. The Balaban J connectivity index is -0.0000000861. The van der Waals surface area contributed by atoms with Crippen molar-refractivity contribution in [2.45, 2.75) is 34.6 Å². The van der Waals surface area contributed by atoms with Gasteiger partial charge in [0.1, 0.15) is 0 Å². The summed E-state index contributed by atoms with van der Waals surface area (Å²) in [5, 5.41) is 2.79. The molecule has 2 aromatic carbocycles. The fourth-order valence-electron chi connectivity index (χ4n) is 3.60. The second-order valence-corrected chi connectivity index (χ2v) is 8.56. The summed E-state index contributed by atoms with van der Waals surface area (Å²) in [6.07, 6.45) is 0. The van der Waals surface area contributed by atoms with E-state index in [4.69, 9.17) is 23.4 Å². The van der Waals surface area contributed by atoms with Crippen LogP contribution in [0.5, 0.6) is 0 Å². The van der Waals surface area contributed by atoms with Crippen LogP contribution in [0.3, 0.4) is 0 Å². The summed E-state index contributed by atoms with van der Waals surface area (Å²) in [7, 11) is 0.777. The van der Waals surface area contributed by atoms with Crippen LogP contribution in [0.1, 0.15) is 34.6 Å². The molecular formula is C27H32Fe2O5P+. The summed E-state index contributed by atoms with van der Waals surface area (Å²) in [6, 6.07) is 21.2. The van der Waals surface area contributed by atoms with E-state index >= 15 is 0 Å². The maximum Gasteiger partial charge on any atom is 2.00 e. The van der Waals surface area contributed by atoms with Gasteiger partial charge >= 0.3 is 62.3 Å². The predicted molar refractivity (Wildman–Crippen MR) is 129 cm³/mol. The summed E-state index contributed by atoms with van der Waals surface area (Å²) < 4.78 is 30.0. The van der Waals surface area contributed by atoms with Crippen molar-refractivity contribution in [2.75, 3.05) is 0 Å². The molecule has 1 fully saturated rings. The minimum absolute atomic E-state index is 0. The van der Waals surface area contributed by atoms with Gasteiger partial charge < -0.3 is 4.79 Å². The molecule has 0 spiro atoms. The van der Waals surface area contributed by atoms with Crippen LogP contribution < -0.4 is 10.6 Å². The molecule has 35 heavy (non-hydrogen) atoms. The SMILES string of the molecule is CC1C(C)C(C)C(C)C1C.[C-]#[O+].[C-]#[O+].[C-]#[O+].[C-]#[O+].[CH-]=O.[Fe+2].[Fe].c1ccc(Pc2ccccc2)cc1. The van der Waals surface area contributed by atoms with E-state index in [1.165, 1.54) is 10.6 Å². The first-order valence-corrected chi connectivity index (χ1v) is 10.9. The van der Waals surface area contributed by atoms with Crippen LogP contribution in [-0.4, -0.2) is 6.79 Å². The third-order valence-electron chi connectivity index (χ3n) is 5.98. The topological polar surface area (TPSA) is 96.7 Å². The Morgan fingerprint density at radius 1 is 0.543 bits per heavy atom. The molecule has 1 aliphatic rings. The van der Waals surface area contributed by atoms with Gasteiger partial charge in [0, 0.05) is 17.1 Å². The molecule has 8 heteroatoms. The Bertz CT molecular complexity index is 660. The van der Waals surface area contributed by atoms with Crippen LogP contribution in [-0.2, 0) is 57.5 Å². The Labute approximate surface area is 234 Å². The van der Waals surface area contributed by atoms with Gasteiger partial charge in [-0.2, -0.15) is 0 Å². The largest absolute Gasteiger partial charge is 2.00 e. The molecule has 0 atom stereocenters. The van der Waals surface area contributed by atoms with Gasteiger partial charge in [0.25, 0.3) is 0 Å². The molecule has 0 heterocycles. The van der Waals surface area contributed by atoms with Crippen LogP contribution in [0.4, 0.5) is 0 Å². The zero-order valence-electron chi connectivity index (χ0n) is 20.5. The van der Waals surface area contributed by atoms with Crippen LogP contribution in [0.2, 0.25) is 0 Å². The normalized spacial score (nSPS) is 19.9. The van der Waals surface area contributed by atoms with Crippen LogP contribution in [0.25, 0.3) is 0 Å². The fourth-order valence-corrected chi connectivity index (χ4v) is 4.66. The van der Waals surface area contributed by atoms with E-state index in [1.54, 1.807) is 0 Å². The molecule has 0 aliphatic heterocycles. The average Bonchev–Trinajstić information content (AvgIpc) is 3.09. The summed E-state index contributed by atoms with van der Waals surface area (Å²) in [5.74, 6) is 4.68. The van der Waals surface area contributed by atoms with Gasteiger partial charge in [-0.1, -0.05) is 104 Å². The van der Waals surface area contributed by atoms with E-state index in [0.29, 0.717) is 0 Å². The summed E-state index contributed by atoms with van der Waals surface area (Å²) in [6.45, 7) is 33.2. The second-order valence-electron chi connectivity index (χ2n) is 7.15. The molecule has 3 rings (SSSR count). The molecule has 0 bridgehead atoms. The number of benzene rings is 2. The fraction of sp³-hybridized carbons (Fsp3) is 0.370. The molecule has 0 N–H and O–H groups in total. The molecule has 5 nitrogen and oxygen atoms in total. The van der Waals surface area contributed by atoms with Crippen LogP contribution in [0, 0.1) is 56.2 Å². The van der Waals surface area contributed by atoms with Crippen LogP contribution in [0.15, 0.2) is 60.7 Å². The van der Waals surface area contributed by atoms with E-state index in [9.17, 15) is 0 Å². The first kappa shape index (κ1) is 46.8. The van der Waals surface area contributed by atoms with Crippen molar-refractivity contribution in [3.05, 3.63) is 87.3 Å². The van der Waals surface area contributed by atoms with E-state index in [1.807, 2.05) is 0 Å². The third-order valence-corrected chi connectivity index (χ3v) is 7.23. The molecule has 0 radical (unpaired) electrons. The third kappa shape index (κ3) is 20.4. The van der Waals surface area contributed by atoms with Gasteiger partial charge in [-0.3, -0.25) is 6.79 Å². The summed E-state index contributed by atoms with van der Waals surface area (Å²) in [4.78, 5) is 7.75. The van der Waals surface area contributed by atoms with Crippen molar-refractivity contribution in [3.8, 4) is 0 Å². The summed E-state index contributed by atoms with van der Waals surface area (Å²) >= 11 is 0. The van der Waals surface area contributed by atoms with E-state index in [0.717, 1.165) is 38.2 Å². The van der Waals surface area contributed by atoms with E-state index in [2.05, 4.69) is 129 Å². The molecule has 2 aromatic rings. The smallest absolute Gasteiger partial charge is 0.545 e. The summed E-state index contributed by atoms with van der Waals surface area (Å²) in [5.41, 5.74) is 0. The van der Waals surface area contributed by atoms with Crippen molar-refractivity contribution < 1.29 is 57.5 Å². The predicted octanol–water partition coefficient (Wildman–Crippen LogP) is 5.07. The van der Waals surface area contributed by atoms with Gasteiger partial charge in [-0.15, -0.1) is 0 Å². The molecule has 0 amide bonds. The van der Waals surface area contributed by atoms with E-state index < -0.39 is 0 Å². The Morgan fingerprint density at radius 2 is 0.714 bits per heavy atom. The number of hydrogen-bond acceptors (Lipinski definition) is 1. The first-order chi connectivity index (χ1) is 16.0. The van der Waals surface area contributed by atoms with Crippen molar-refractivity contribution in [2.24, 2.45) is 29.6 Å². The Kier molecular flexibility index (Phi) is 46.4.